The summed E-state index contributed by atoms with van der Waals surface area (Å²) in [6.45, 7) is 2.13. The van der Waals surface area contributed by atoms with Gasteiger partial charge in [0.25, 0.3) is 0 Å². The van der Waals surface area contributed by atoms with Crippen LogP contribution in [-0.4, -0.2) is 35.1 Å². The number of aromatic amines is 1. The van der Waals surface area contributed by atoms with Crippen molar-refractivity contribution in [2.24, 2.45) is 11.0 Å². The second kappa shape index (κ2) is 7.20. The summed E-state index contributed by atoms with van der Waals surface area (Å²) in [7, 11) is 0. The van der Waals surface area contributed by atoms with Crippen molar-refractivity contribution in [3.05, 3.63) is 53.9 Å². The molecular weight excluding hydrogens is 350 g/mol. The molecule has 1 unspecified atom stereocenters. The third kappa shape index (κ3) is 2.99. The Hall–Kier alpha value is -2.99. The molecule has 0 radical (unpaired) electrons. The zero-order valence-electron chi connectivity index (χ0n) is 15.6. The summed E-state index contributed by atoms with van der Waals surface area (Å²) in [5, 5.41) is 9.11. The predicted molar refractivity (Wildman–Crippen MR) is 110 cm³/mol. The molecule has 0 spiro atoms. The molecule has 1 saturated heterocycles. The van der Waals surface area contributed by atoms with Crippen LogP contribution in [-0.2, 0) is 4.79 Å². The maximum absolute atomic E-state index is 11.6. The van der Waals surface area contributed by atoms with E-state index in [4.69, 9.17) is 0 Å². The van der Waals surface area contributed by atoms with Crippen LogP contribution in [0.5, 0.6) is 0 Å². The zero-order chi connectivity index (χ0) is 18.9. The fraction of sp³-hybridized carbons (Fsp3) is 0.318. The number of hydrazone groups is 1. The molecule has 1 fully saturated rings. The van der Waals surface area contributed by atoms with E-state index in [2.05, 4.69) is 50.1 Å². The van der Waals surface area contributed by atoms with E-state index in [1.807, 2.05) is 12.3 Å². The van der Waals surface area contributed by atoms with Gasteiger partial charge in [0.05, 0.1) is 5.71 Å². The van der Waals surface area contributed by atoms with Gasteiger partial charge in [0.2, 0.25) is 0 Å². The molecule has 5 rings (SSSR count). The number of carbonyl (C=O) groups excluding carboxylic acids is 1. The number of carbonyl (C=O) groups is 1. The van der Waals surface area contributed by atoms with Gasteiger partial charge >= 0.3 is 0 Å². The summed E-state index contributed by atoms with van der Waals surface area (Å²) < 4.78 is 0. The summed E-state index contributed by atoms with van der Waals surface area (Å²) >= 11 is 0. The molecule has 0 aliphatic carbocycles. The largest absolute Gasteiger partial charge is 0.346 e. The van der Waals surface area contributed by atoms with E-state index < -0.39 is 0 Å². The molecule has 0 saturated carbocycles. The number of piperidine rings is 1. The standard InChI is InChI=1S/C22H23N5O/c28-13-21-16-4-3-15(19-12-25-22-17(19)2-1-7-24-22)11-18(16)20(26-27-21)10-14-5-8-23-9-6-14/h1-4,7,11-14,21,23,27H,5-6,8-10H2,(H,24,25). The minimum absolute atomic E-state index is 0.384. The van der Waals surface area contributed by atoms with Gasteiger partial charge in [-0.3, -0.25) is 5.43 Å². The van der Waals surface area contributed by atoms with Crippen molar-refractivity contribution in [3.8, 4) is 11.1 Å². The van der Waals surface area contributed by atoms with E-state index in [0.29, 0.717) is 5.92 Å². The first-order chi connectivity index (χ1) is 13.8. The molecule has 6 nitrogen and oxygen atoms in total. The molecule has 1 aromatic carbocycles. The van der Waals surface area contributed by atoms with Crippen LogP contribution in [0.2, 0.25) is 0 Å². The highest BCUT2D eigenvalue weighted by Crippen LogP contribution is 2.33. The molecule has 1 atom stereocenters. The van der Waals surface area contributed by atoms with Crippen molar-refractivity contribution in [1.29, 1.82) is 0 Å². The minimum Gasteiger partial charge on any atom is -0.346 e. The second-order valence-corrected chi connectivity index (χ2v) is 7.60. The number of H-pyrrole nitrogens is 1. The number of nitrogens with one attached hydrogen (secondary N) is 3. The Morgan fingerprint density at radius 2 is 2.04 bits per heavy atom. The maximum Gasteiger partial charge on any atom is 0.148 e. The van der Waals surface area contributed by atoms with Crippen LogP contribution in [0, 0.1) is 5.92 Å². The first kappa shape index (κ1) is 17.1. The van der Waals surface area contributed by atoms with E-state index >= 15 is 0 Å². The molecule has 2 aliphatic rings. The van der Waals surface area contributed by atoms with Gasteiger partial charge in [0.15, 0.2) is 0 Å². The summed E-state index contributed by atoms with van der Waals surface area (Å²) in [4.78, 5) is 19.2. The monoisotopic (exact) mass is 373 g/mol. The summed E-state index contributed by atoms with van der Waals surface area (Å²) in [5.41, 5.74) is 9.30. The molecule has 6 heteroatoms. The first-order valence-electron chi connectivity index (χ1n) is 9.88. The smallest absolute Gasteiger partial charge is 0.148 e. The second-order valence-electron chi connectivity index (χ2n) is 7.60. The van der Waals surface area contributed by atoms with Crippen molar-refractivity contribution in [1.82, 2.24) is 20.7 Å². The zero-order valence-corrected chi connectivity index (χ0v) is 15.6. The quantitative estimate of drug-likeness (QED) is 0.614. The molecule has 0 bridgehead atoms. The number of pyridine rings is 1. The fourth-order valence-corrected chi connectivity index (χ4v) is 4.34. The molecule has 2 aromatic heterocycles. The van der Waals surface area contributed by atoms with Crippen molar-refractivity contribution in [3.63, 3.8) is 0 Å². The molecular formula is C22H23N5O. The number of aldehydes is 1. The molecule has 0 amide bonds. The average Bonchev–Trinajstić information content (AvgIpc) is 3.19. The Bertz CT molecular complexity index is 1050. The summed E-state index contributed by atoms with van der Waals surface area (Å²) in [6.07, 6.45) is 7.99. The van der Waals surface area contributed by atoms with Crippen LogP contribution in [0.3, 0.4) is 0 Å². The first-order valence-corrected chi connectivity index (χ1v) is 9.88. The Kier molecular flexibility index (Phi) is 4.41. The van der Waals surface area contributed by atoms with Crippen molar-refractivity contribution >= 4 is 23.0 Å². The van der Waals surface area contributed by atoms with Gasteiger partial charge in [-0.15, -0.1) is 0 Å². The van der Waals surface area contributed by atoms with Crippen molar-refractivity contribution in [2.75, 3.05) is 13.1 Å². The van der Waals surface area contributed by atoms with Gasteiger partial charge in [0.1, 0.15) is 18.0 Å². The number of benzene rings is 1. The number of rotatable bonds is 4. The van der Waals surface area contributed by atoms with Gasteiger partial charge < -0.3 is 15.1 Å². The van der Waals surface area contributed by atoms with Crippen LogP contribution >= 0.6 is 0 Å². The molecule has 28 heavy (non-hydrogen) atoms. The third-order valence-electron chi connectivity index (χ3n) is 5.88. The van der Waals surface area contributed by atoms with Crippen LogP contribution in [0.25, 0.3) is 22.2 Å². The van der Waals surface area contributed by atoms with Crippen LogP contribution in [0.1, 0.15) is 36.4 Å². The van der Waals surface area contributed by atoms with Crippen molar-refractivity contribution in [2.45, 2.75) is 25.3 Å². The van der Waals surface area contributed by atoms with Crippen LogP contribution in [0.15, 0.2) is 47.8 Å². The topological polar surface area (TPSA) is 82.2 Å². The molecule has 142 valence electrons. The number of hydrogen-bond acceptors (Lipinski definition) is 5. The van der Waals surface area contributed by atoms with E-state index in [1.54, 1.807) is 6.20 Å². The number of fused-ring (bicyclic) bond motifs is 2. The average molecular weight is 373 g/mol. The Morgan fingerprint density at radius 3 is 2.89 bits per heavy atom. The Balaban J connectivity index is 1.55. The number of aromatic nitrogens is 2. The summed E-state index contributed by atoms with van der Waals surface area (Å²) in [6, 6.07) is 9.97. The van der Waals surface area contributed by atoms with E-state index in [-0.39, 0.29) is 6.04 Å². The van der Waals surface area contributed by atoms with E-state index in [9.17, 15) is 4.79 Å². The van der Waals surface area contributed by atoms with Gasteiger partial charge in [-0.2, -0.15) is 5.10 Å². The van der Waals surface area contributed by atoms with E-state index in [1.165, 1.54) is 12.8 Å². The summed E-state index contributed by atoms with van der Waals surface area (Å²) in [5.74, 6) is 0.628. The molecule has 3 N–H and O–H groups in total. The fourth-order valence-electron chi connectivity index (χ4n) is 4.34. The molecule has 2 aliphatic heterocycles. The lowest BCUT2D eigenvalue weighted by atomic mass is 9.86. The molecule has 4 heterocycles. The SMILES string of the molecule is O=CC1NN=C(CC2CCNCC2)c2cc(-c3c[nH]c4ncccc34)ccc21. The van der Waals surface area contributed by atoms with E-state index in [0.717, 1.165) is 64.8 Å². The van der Waals surface area contributed by atoms with Crippen LogP contribution in [0.4, 0.5) is 0 Å². The number of nitrogens with zero attached hydrogens (tertiary/aromatic N) is 2. The van der Waals surface area contributed by atoms with Gasteiger partial charge in [-0.1, -0.05) is 12.1 Å². The Labute approximate surface area is 163 Å². The minimum atomic E-state index is -0.384. The predicted octanol–water partition coefficient (Wildman–Crippen LogP) is 3.17. The van der Waals surface area contributed by atoms with Gasteiger partial charge in [0, 0.05) is 28.9 Å². The highest BCUT2D eigenvalue weighted by molar-refractivity contribution is 6.05. The van der Waals surface area contributed by atoms with Crippen LogP contribution < -0.4 is 10.7 Å². The lowest BCUT2D eigenvalue weighted by Crippen LogP contribution is -2.32. The normalized spacial score (nSPS) is 19.7. The lowest BCUT2D eigenvalue weighted by molar-refractivity contribution is -0.109. The maximum atomic E-state index is 11.6. The number of hydrogen-bond donors (Lipinski definition) is 3. The van der Waals surface area contributed by atoms with Gasteiger partial charge in [-0.25, -0.2) is 4.98 Å². The Morgan fingerprint density at radius 1 is 1.14 bits per heavy atom. The lowest BCUT2D eigenvalue weighted by Gasteiger charge is -2.27. The highest BCUT2D eigenvalue weighted by Gasteiger charge is 2.25. The van der Waals surface area contributed by atoms with Crippen molar-refractivity contribution < 1.29 is 4.79 Å². The third-order valence-corrected chi connectivity index (χ3v) is 5.88. The van der Waals surface area contributed by atoms with Gasteiger partial charge in [-0.05, 0) is 67.6 Å². The molecule has 3 aromatic rings. The highest BCUT2D eigenvalue weighted by atomic mass is 16.1.